The Morgan fingerprint density at radius 2 is 2.33 bits per heavy atom. The first-order valence-electron chi connectivity index (χ1n) is 4.24. The maximum atomic E-state index is 11.6. The standard InChI is InChI=1S/C8H16FNO2/c1-2-4-7(8(11)12)10-6-3-5-9/h7,10H,2-6H2,1H3,(H,11,12). The molecule has 72 valence electrons. The first-order valence-corrected chi connectivity index (χ1v) is 4.24. The summed E-state index contributed by atoms with van der Waals surface area (Å²) in [5.41, 5.74) is 0. The summed E-state index contributed by atoms with van der Waals surface area (Å²) in [7, 11) is 0. The fourth-order valence-electron chi connectivity index (χ4n) is 0.945. The molecule has 0 aliphatic heterocycles. The van der Waals surface area contributed by atoms with E-state index >= 15 is 0 Å². The summed E-state index contributed by atoms with van der Waals surface area (Å²) in [6.45, 7) is 1.96. The molecular formula is C8H16FNO2. The quantitative estimate of drug-likeness (QED) is 0.574. The summed E-state index contributed by atoms with van der Waals surface area (Å²) < 4.78 is 11.6. The van der Waals surface area contributed by atoms with Crippen molar-refractivity contribution in [2.45, 2.75) is 32.2 Å². The van der Waals surface area contributed by atoms with E-state index in [2.05, 4.69) is 5.32 Å². The van der Waals surface area contributed by atoms with Crippen LogP contribution in [-0.2, 0) is 4.79 Å². The lowest BCUT2D eigenvalue weighted by Gasteiger charge is -2.11. The fraction of sp³-hybridized carbons (Fsp3) is 0.875. The second-order valence-electron chi connectivity index (χ2n) is 2.68. The van der Waals surface area contributed by atoms with Gasteiger partial charge in [-0.3, -0.25) is 9.18 Å². The Balaban J connectivity index is 3.56. The maximum absolute atomic E-state index is 11.6. The highest BCUT2D eigenvalue weighted by Crippen LogP contribution is 1.96. The average molecular weight is 177 g/mol. The zero-order valence-corrected chi connectivity index (χ0v) is 7.35. The SMILES string of the molecule is CCCC(NCCCF)C(=O)O. The fourth-order valence-corrected chi connectivity index (χ4v) is 0.945. The molecule has 0 fully saturated rings. The van der Waals surface area contributed by atoms with Gasteiger partial charge in [0.1, 0.15) is 6.04 Å². The summed E-state index contributed by atoms with van der Waals surface area (Å²) in [5.74, 6) is -0.851. The first-order chi connectivity index (χ1) is 5.72. The molecule has 0 rings (SSSR count). The number of alkyl halides is 1. The van der Waals surface area contributed by atoms with Crippen molar-refractivity contribution in [3.8, 4) is 0 Å². The van der Waals surface area contributed by atoms with E-state index in [0.717, 1.165) is 6.42 Å². The lowest BCUT2D eigenvalue weighted by Crippen LogP contribution is -2.37. The highest BCUT2D eigenvalue weighted by molar-refractivity contribution is 5.73. The van der Waals surface area contributed by atoms with Gasteiger partial charge in [-0.1, -0.05) is 13.3 Å². The Kier molecular flexibility index (Phi) is 6.66. The van der Waals surface area contributed by atoms with Gasteiger partial charge in [-0.05, 0) is 19.4 Å². The Hall–Kier alpha value is -0.640. The van der Waals surface area contributed by atoms with Gasteiger partial charge in [0.2, 0.25) is 0 Å². The zero-order chi connectivity index (χ0) is 9.40. The molecule has 0 aromatic rings. The molecule has 1 atom stereocenters. The van der Waals surface area contributed by atoms with Gasteiger partial charge in [0.15, 0.2) is 0 Å². The van der Waals surface area contributed by atoms with Crippen LogP contribution in [0.25, 0.3) is 0 Å². The van der Waals surface area contributed by atoms with Gasteiger partial charge in [-0.25, -0.2) is 0 Å². The Bertz CT molecular complexity index is 130. The third-order valence-corrected chi connectivity index (χ3v) is 1.58. The van der Waals surface area contributed by atoms with Crippen LogP contribution in [0.1, 0.15) is 26.2 Å². The number of nitrogens with one attached hydrogen (secondary N) is 1. The van der Waals surface area contributed by atoms with Crippen molar-refractivity contribution in [1.29, 1.82) is 0 Å². The summed E-state index contributed by atoms with van der Waals surface area (Å²) in [4.78, 5) is 10.5. The zero-order valence-electron chi connectivity index (χ0n) is 7.35. The minimum Gasteiger partial charge on any atom is -0.480 e. The topological polar surface area (TPSA) is 49.3 Å². The summed E-state index contributed by atoms with van der Waals surface area (Å²) in [6.07, 6.45) is 1.80. The predicted octanol–water partition coefficient (Wildman–Crippen LogP) is 1.19. The van der Waals surface area contributed by atoms with Crippen molar-refractivity contribution in [3.05, 3.63) is 0 Å². The van der Waals surface area contributed by atoms with Crippen molar-refractivity contribution in [3.63, 3.8) is 0 Å². The summed E-state index contributed by atoms with van der Waals surface area (Å²) >= 11 is 0. The molecule has 0 heterocycles. The van der Waals surface area contributed by atoms with Crippen LogP contribution in [0.2, 0.25) is 0 Å². The van der Waals surface area contributed by atoms with E-state index in [4.69, 9.17) is 5.11 Å². The van der Waals surface area contributed by atoms with E-state index in [-0.39, 0.29) is 0 Å². The second kappa shape index (κ2) is 7.03. The largest absolute Gasteiger partial charge is 0.480 e. The van der Waals surface area contributed by atoms with Gasteiger partial charge >= 0.3 is 5.97 Å². The van der Waals surface area contributed by atoms with Crippen molar-refractivity contribution in [2.24, 2.45) is 0 Å². The van der Waals surface area contributed by atoms with Crippen LogP contribution < -0.4 is 5.32 Å². The van der Waals surface area contributed by atoms with Gasteiger partial charge in [0.05, 0.1) is 6.67 Å². The van der Waals surface area contributed by atoms with Crippen molar-refractivity contribution in [1.82, 2.24) is 5.32 Å². The molecule has 0 saturated carbocycles. The number of halogens is 1. The van der Waals surface area contributed by atoms with Gasteiger partial charge in [-0.2, -0.15) is 0 Å². The smallest absolute Gasteiger partial charge is 0.320 e. The first kappa shape index (κ1) is 11.4. The number of carbonyl (C=O) groups is 1. The van der Waals surface area contributed by atoms with Crippen LogP contribution in [0.4, 0.5) is 4.39 Å². The lowest BCUT2D eigenvalue weighted by molar-refractivity contribution is -0.139. The Morgan fingerprint density at radius 1 is 1.67 bits per heavy atom. The highest BCUT2D eigenvalue weighted by atomic mass is 19.1. The maximum Gasteiger partial charge on any atom is 0.320 e. The number of carboxylic acids is 1. The van der Waals surface area contributed by atoms with E-state index in [9.17, 15) is 9.18 Å². The molecule has 0 aromatic carbocycles. The Morgan fingerprint density at radius 3 is 2.75 bits per heavy atom. The molecule has 0 aromatic heterocycles. The third kappa shape index (κ3) is 5.07. The van der Waals surface area contributed by atoms with E-state index in [1.165, 1.54) is 0 Å². The van der Waals surface area contributed by atoms with Gasteiger partial charge in [0.25, 0.3) is 0 Å². The number of carboxylic acid groups (broad SMARTS) is 1. The summed E-state index contributed by atoms with van der Waals surface area (Å²) in [5, 5.41) is 11.4. The van der Waals surface area contributed by atoms with E-state index in [1.807, 2.05) is 6.92 Å². The molecule has 0 aliphatic rings. The average Bonchev–Trinajstić information content (AvgIpc) is 2.03. The second-order valence-corrected chi connectivity index (χ2v) is 2.68. The van der Waals surface area contributed by atoms with E-state index < -0.39 is 18.7 Å². The molecule has 0 radical (unpaired) electrons. The van der Waals surface area contributed by atoms with E-state index in [1.54, 1.807) is 0 Å². The number of hydrogen-bond donors (Lipinski definition) is 2. The van der Waals surface area contributed by atoms with Crippen LogP contribution in [0, 0.1) is 0 Å². The molecule has 0 saturated heterocycles. The normalized spacial score (nSPS) is 12.8. The van der Waals surface area contributed by atoms with Crippen molar-refractivity contribution >= 4 is 5.97 Å². The van der Waals surface area contributed by atoms with Gasteiger partial charge in [0, 0.05) is 0 Å². The predicted molar refractivity (Wildman–Crippen MR) is 44.9 cm³/mol. The lowest BCUT2D eigenvalue weighted by atomic mass is 10.1. The molecular weight excluding hydrogens is 161 g/mol. The molecule has 0 amide bonds. The number of hydrogen-bond acceptors (Lipinski definition) is 2. The van der Waals surface area contributed by atoms with Crippen LogP contribution >= 0.6 is 0 Å². The minimum absolute atomic E-state index is 0.382. The van der Waals surface area contributed by atoms with Crippen LogP contribution in [0.3, 0.4) is 0 Å². The third-order valence-electron chi connectivity index (χ3n) is 1.58. The molecule has 0 bridgehead atoms. The minimum atomic E-state index is -0.851. The molecule has 12 heavy (non-hydrogen) atoms. The molecule has 0 spiro atoms. The van der Waals surface area contributed by atoms with Crippen molar-refractivity contribution < 1.29 is 14.3 Å². The molecule has 1 unspecified atom stereocenters. The number of rotatable bonds is 7. The molecule has 3 nitrogen and oxygen atoms in total. The van der Waals surface area contributed by atoms with Crippen LogP contribution in [-0.4, -0.2) is 30.3 Å². The van der Waals surface area contributed by atoms with Gasteiger partial charge < -0.3 is 10.4 Å². The molecule has 2 N–H and O–H groups in total. The molecule has 0 aliphatic carbocycles. The highest BCUT2D eigenvalue weighted by Gasteiger charge is 2.14. The number of aliphatic carboxylic acids is 1. The monoisotopic (exact) mass is 177 g/mol. The van der Waals surface area contributed by atoms with E-state index in [0.29, 0.717) is 19.4 Å². The van der Waals surface area contributed by atoms with Gasteiger partial charge in [-0.15, -0.1) is 0 Å². The van der Waals surface area contributed by atoms with Crippen molar-refractivity contribution in [2.75, 3.05) is 13.2 Å². The van der Waals surface area contributed by atoms with Crippen LogP contribution in [0.15, 0.2) is 0 Å². The summed E-state index contributed by atoms with van der Waals surface area (Å²) in [6, 6.07) is -0.512. The van der Waals surface area contributed by atoms with Crippen LogP contribution in [0.5, 0.6) is 0 Å². The molecule has 4 heteroatoms. The Labute approximate surface area is 72.0 Å².